The first kappa shape index (κ1) is 36.8. The van der Waals surface area contributed by atoms with Crippen molar-refractivity contribution < 1.29 is 4.42 Å². The first-order valence-electron chi connectivity index (χ1n) is 21.8. The molecule has 0 spiro atoms. The molecule has 6 heteroatoms. The molecule has 65 heavy (non-hydrogen) atoms. The highest BCUT2D eigenvalue weighted by Gasteiger charge is 2.17. The SMILES string of the molecule is c1ccc(-n2c(-c3ccc(-c4nc(-c5ccc(-c6ccc7oc8ccccc8c7c6)cc5)cc(-c5ccc(-n6c7ccccc7c7ccccc76)cc5)n4)cc3)nc3ccccc32)cc1. The van der Waals surface area contributed by atoms with Crippen LogP contribution in [0.15, 0.2) is 229 Å². The van der Waals surface area contributed by atoms with Crippen molar-refractivity contribution in [3.63, 3.8) is 0 Å². The number of fused-ring (bicyclic) bond motifs is 7. The molecule has 13 rings (SSSR count). The number of nitrogens with zero attached hydrogens (tertiary/aromatic N) is 5. The van der Waals surface area contributed by atoms with Crippen LogP contribution in [0.5, 0.6) is 0 Å². The fraction of sp³-hybridized carbons (Fsp3) is 0. The van der Waals surface area contributed by atoms with Crippen LogP contribution in [0.4, 0.5) is 0 Å². The van der Waals surface area contributed by atoms with E-state index in [0.29, 0.717) is 5.82 Å². The molecule has 6 nitrogen and oxygen atoms in total. The Balaban J connectivity index is 0.906. The molecule has 0 bridgehead atoms. The van der Waals surface area contributed by atoms with Crippen LogP contribution in [0.25, 0.3) is 123 Å². The summed E-state index contributed by atoms with van der Waals surface area (Å²) in [4.78, 5) is 15.6. The zero-order chi connectivity index (χ0) is 42.8. The van der Waals surface area contributed by atoms with Gasteiger partial charge in [0.05, 0.1) is 33.5 Å². The largest absolute Gasteiger partial charge is 0.456 e. The molecule has 0 saturated heterocycles. The molecule has 0 saturated carbocycles. The van der Waals surface area contributed by atoms with Crippen LogP contribution in [0, 0.1) is 0 Å². The van der Waals surface area contributed by atoms with Gasteiger partial charge in [0.25, 0.3) is 0 Å². The van der Waals surface area contributed by atoms with Crippen LogP contribution in [0.2, 0.25) is 0 Å². The third-order valence-corrected chi connectivity index (χ3v) is 12.6. The van der Waals surface area contributed by atoms with E-state index in [1.54, 1.807) is 0 Å². The van der Waals surface area contributed by atoms with Gasteiger partial charge >= 0.3 is 0 Å². The molecule has 0 aliphatic rings. The summed E-state index contributed by atoms with van der Waals surface area (Å²) in [6.07, 6.45) is 0. The summed E-state index contributed by atoms with van der Waals surface area (Å²) in [7, 11) is 0. The van der Waals surface area contributed by atoms with Gasteiger partial charge in [0, 0.05) is 55.2 Å². The van der Waals surface area contributed by atoms with Crippen molar-refractivity contribution in [2.45, 2.75) is 0 Å². The number of rotatable bonds is 7. The van der Waals surface area contributed by atoms with Crippen LogP contribution in [0.3, 0.4) is 0 Å². The summed E-state index contributed by atoms with van der Waals surface area (Å²) in [6, 6.07) is 78.5. The molecule has 304 valence electrons. The molecule has 13 aromatic rings. The van der Waals surface area contributed by atoms with Gasteiger partial charge in [-0.25, -0.2) is 15.0 Å². The van der Waals surface area contributed by atoms with E-state index in [0.717, 1.165) is 94.9 Å². The number of imidazole rings is 1. The van der Waals surface area contributed by atoms with Crippen molar-refractivity contribution in [2.24, 2.45) is 0 Å². The lowest BCUT2D eigenvalue weighted by Crippen LogP contribution is -1.98. The van der Waals surface area contributed by atoms with E-state index in [9.17, 15) is 0 Å². The van der Waals surface area contributed by atoms with Crippen molar-refractivity contribution in [3.8, 4) is 67.8 Å². The Bertz CT molecular complexity index is 3860. The Morgan fingerprint density at radius 2 is 0.815 bits per heavy atom. The van der Waals surface area contributed by atoms with Gasteiger partial charge in [-0.05, 0) is 83.9 Å². The normalized spacial score (nSPS) is 11.7. The van der Waals surface area contributed by atoms with Gasteiger partial charge in [-0.2, -0.15) is 0 Å². The number of hydrogen-bond donors (Lipinski definition) is 0. The monoisotopic (exact) mass is 831 g/mol. The predicted octanol–water partition coefficient (Wildman–Crippen LogP) is 15.1. The third kappa shape index (κ3) is 6.22. The minimum atomic E-state index is 0.647. The van der Waals surface area contributed by atoms with Gasteiger partial charge in [-0.3, -0.25) is 4.57 Å². The fourth-order valence-electron chi connectivity index (χ4n) is 9.42. The van der Waals surface area contributed by atoms with E-state index in [4.69, 9.17) is 19.4 Å². The number of benzene rings is 9. The highest BCUT2D eigenvalue weighted by atomic mass is 16.3. The molecule has 0 atom stereocenters. The maximum Gasteiger partial charge on any atom is 0.160 e. The second-order valence-corrected chi connectivity index (χ2v) is 16.4. The summed E-state index contributed by atoms with van der Waals surface area (Å²) in [6.45, 7) is 0. The number of furan rings is 1. The van der Waals surface area contributed by atoms with Gasteiger partial charge in [-0.1, -0.05) is 152 Å². The highest BCUT2D eigenvalue weighted by molar-refractivity contribution is 6.09. The summed E-state index contributed by atoms with van der Waals surface area (Å²) >= 11 is 0. The minimum Gasteiger partial charge on any atom is -0.456 e. The zero-order valence-corrected chi connectivity index (χ0v) is 35.0. The molecule has 4 heterocycles. The highest BCUT2D eigenvalue weighted by Crippen LogP contribution is 2.37. The molecule has 0 radical (unpaired) electrons. The first-order valence-corrected chi connectivity index (χ1v) is 21.8. The summed E-state index contributed by atoms with van der Waals surface area (Å²) < 4.78 is 10.7. The molecule has 0 aliphatic carbocycles. The van der Waals surface area contributed by atoms with E-state index in [1.807, 2.05) is 24.3 Å². The minimum absolute atomic E-state index is 0.647. The molecule has 0 aliphatic heterocycles. The Kier molecular flexibility index (Phi) is 8.42. The van der Waals surface area contributed by atoms with Crippen LogP contribution < -0.4 is 0 Å². The molecule has 0 amide bonds. The topological polar surface area (TPSA) is 61.7 Å². The molecule has 9 aromatic carbocycles. The summed E-state index contributed by atoms with van der Waals surface area (Å²) in [5, 5.41) is 4.71. The second-order valence-electron chi connectivity index (χ2n) is 16.4. The maximum absolute atomic E-state index is 6.12. The lowest BCUT2D eigenvalue weighted by Gasteiger charge is -2.12. The number of aromatic nitrogens is 5. The van der Waals surface area contributed by atoms with Crippen LogP contribution >= 0.6 is 0 Å². The maximum atomic E-state index is 6.12. The summed E-state index contributed by atoms with van der Waals surface area (Å²) in [5.41, 5.74) is 16.2. The van der Waals surface area contributed by atoms with E-state index >= 15 is 0 Å². The van der Waals surface area contributed by atoms with Crippen molar-refractivity contribution in [2.75, 3.05) is 0 Å². The van der Waals surface area contributed by atoms with Crippen LogP contribution in [-0.2, 0) is 0 Å². The van der Waals surface area contributed by atoms with Crippen LogP contribution in [-0.4, -0.2) is 24.1 Å². The third-order valence-electron chi connectivity index (χ3n) is 12.6. The Hall–Kier alpha value is -8.87. The molecule has 4 aromatic heterocycles. The quantitative estimate of drug-likeness (QED) is 0.160. The van der Waals surface area contributed by atoms with Crippen molar-refractivity contribution in [3.05, 3.63) is 224 Å². The Morgan fingerprint density at radius 3 is 1.52 bits per heavy atom. The average Bonchev–Trinajstić information content (AvgIpc) is 4.06. The second kappa shape index (κ2) is 14.9. The predicted molar refractivity (Wildman–Crippen MR) is 265 cm³/mol. The summed E-state index contributed by atoms with van der Waals surface area (Å²) in [5.74, 6) is 1.52. The zero-order valence-electron chi connectivity index (χ0n) is 35.0. The van der Waals surface area contributed by atoms with Crippen molar-refractivity contribution in [1.82, 2.24) is 24.1 Å². The van der Waals surface area contributed by atoms with E-state index in [2.05, 4.69) is 209 Å². The number of hydrogen-bond acceptors (Lipinski definition) is 4. The van der Waals surface area contributed by atoms with Gasteiger partial charge in [0.15, 0.2) is 5.82 Å². The molecule has 0 fully saturated rings. The Morgan fingerprint density at radius 1 is 0.308 bits per heavy atom. The lowest BCUT2D eigenvalue weighted by molar-refractivity contribution is 0.669. The van der Waals surface area contributed by atoms with Gasteiger partial charge in [0.1, 0.15) is 17.0 Å². The first-order chi connectivity index (χ1) is 32.2. The van der Waals surface area contributed by atoms with E-state index < -0.39 is 0 Å². The van der Waals surface area contributed by atoms with E-state index in [-0.39, 0.29) is 0 Å². The van der Waals surface area contributed by atoms with Crippen molar-refractivity contribution >= 4 is 54.8 Å². The molecule has 0 unspecified atom stereocenters. The Labute approximate surface area is 374 Å². The number of para-hydroxylation sites is 6. The lowest BCUT2D eigenvalue weighted by atomic mass is 10.00. The van der Waals surface area contributed by atoms with Crippen molar-refractivity contribution in [1.29, 1.82) is 0 Å². The molecular weight excluding hydrogens is 795 g/mol. The fourth-order valence-corrected chi connectivity index (χ4v) is 9.42. The smallest absolute Gasteiger partial charge is 0.160 e. The van der Waals surface area contributed by atoms with Gasteiger partial charge < -0.3 is 8.98 Å². The average molecular weight is 832 g/mol. The van der Waals surface area contributed by atoms with Gasteiger partial charge in [0.2, 0.25) is 0 Å². The van der Waals surface area contributed by atoms with E-state index in [1.165, 1.54) is 21.8 Å². The molecular formula is C59H37N5O. The molecule has 0 N–H and O–H groups in total. The van der Waals surface area contributed by atoms with Gasteiger partial charge in [-0.15, -0.1) is 0 Å². The van der Waals surface area contributed by atoms with Crippen LogP contribution in [0.1, 0.15) is 0 Å². The standard InChI is InChI=1S/C59H37N5O/c1-2-12-44(13-3-1)64-55-20-10-7-17-50(55)62-59(64)42-28-26-41(27-29-42)58-60-51(39-24-22-38(23-25-39)43-32-35-57-49(36-43)48-16-6-11-21-56(48)65-57)37-52(61-58)40-30-33-45(34-31-40)63-53-18-8-4-14-46(53)47-15-5-9-19-54(47)63/h1-37H.